The summed E-state index contributed by atoms with van der Waals surface area (Å²) in [6, 6.07) is 10.4. The minimum atomic E-state index is -0.650. The fourth-order valence-electron chi connectivity index (χ4n) is 4.50. The van der Waals surface area contributed by atoms with Crippen LogP contribution in [0.1, 0.15) is 30.3 Å². The molecule has 0 bridgehead atoms. The third kappa shape index (κ3) is 6.57. The number of aromatic nitrogens is 2. The third-order valence-electron chi connectivity index (χ3n) is 6.59. The first-order chi connectivity index (χ1) is 19.5. The molecule has 1 saturated heterocycles. The van der Waals surface area contributed by atoms with Crippen LogP contribution in [0.15, 0.2) is 68.3 Å². The summed E-state index contributed by atoms with van der Waals surface area (Å²) in [7, 11) is 0. The van der Waals surface area contributed by atoms with E-state index in [-0.39, 0.29) is 28.9 Å². The Hall–Kier alpha value is -4.45. The quantitative estimate of drug-likeness (QED) is 0.292. The number of benzene rings is 1. The largest absolute Gasteiger partial charge is 0.493 e. The molecule has 0 unspecified atom stereocenters. The Labute approximate surface area is 229 Å². The second kappa shape index (κ2) is 12.6. The van der Waals surface area contributed by atoms with E-state index < -0.39 is 17.8 Å². The van der Waals surface area contributed by atoms with Crippen molar-refractivity contribution in [2.24, 2.45) is 0 Å². The topological polar surface area (TPSA) is 127 Å². The highest BCUT2D eigenvalue weighted by Gasteiger charge is 2.25. The maximum absolute atomic E-state index is 14.7. The third-order valence-corrected chi connectivity index (χ3v) is 6.59. The number of ether oxygens (including phenoxy) is 1. The maximum atomic E-state index is 14.7. The van der Waals surface area contributed by atoms with Gasteiger partial charge in [-0.05, 0) is 62.7 Å². The van der Waals surface area contributed by atoms with Crippen LogP contribution in [-0.2, 0) is 4.79 Å². The number of hydrogen-bond acceptors (Lipinski definition) is 9. The molecule has 4 heterocycles. The van der Waals surface area contributed by atoms with Crippen molar-refractivity contribution in [3.05, 3.63) is 66.6 Å². The zero-order chi connectivity index (χ0) is 27.9. The SMILES string of the molecule is C[C@H](NC(=O)c1ccco1)C(=O)N1CCCN(CCCOc2ccc(-c3noc(-c4ccco4)n3)c(F)c2)CC1. The molecule has 0 spiro atoms. The van der Waals surface area contributed by atoms with E-state index in [9.17, 15) is 14.0 Å². The lowest BCUT2D eigenvalue weighted by Crippen LogP contribution is -2.48. The molecule has 4 aromatic rings. The van der Waals surface area contributed by atoms with E-state index in [4.69, 9.17) is 18.1 Å². The molecule has 1 aromatic carbocycles. The average molecular weight is 552 g/mol. The second-order valence-electron chi connectivity index (χ2n) is 9.44. The molecular weight excluding hydrogens is 521 g/mol. The van der Waals surface area contributed by atoms with Gasteiger partial charge in [0.2, 0.25) is 11.7 Å². The molecule has 0 saturated carbocycles. The van der Waals surface area contributed by atoms with Gasteiger partial charge >= 0.3 is 0 Å². The summed E-state index contributed by atoms with van der Waals surface area (Å²) in [5.74, 6) is 0.247. The molecular formula is C28H30FN5O6. The van der Waals surface area contributed by atoms with E-state index >= 15 is 0 Å². The Balaban J connectivity index is 1.04. The average Bonchev–Trinajstić information content (AvgIpc) is 3.73. The Morgan fingerprint density at radius 1 is 1.10 bits per heavy atom. The summed E-state index contributed by atoms with van der Waals surface area (Å²) < 4.78 is 36.0. The van der Waals surface area contributed by atoms with Gasteiger partial charge in [0.25, 0.3) is 11.8 Å². The highest BCUT2D eigenvalue weighted by atomic mass is 19.1. The fraction of sp³-hybridized carbons (Fsp3) is 0.357. The molecule has 11 nitrogen and oxygen atoms in total. The van der Waals surface area contributed by atoms with Crippen LogP contribution in [0.3, 0.4) is 0 Å². The Bertz CT molecular complexity index is 1400. The number of furan rings is 2. The maximum Gasteiger partial charge on any atom is 0.293 e. The van der Waals surface area contributed by atoms with Crippen LogP contribution in [0.2, 0.25) is 0 Å². The summed E-state index contributed by atoms with van der Waals surface area (Å²) in [6.45, 7) is 5.65. The molecule has 0 aliphatic carbocycles. The van der Waals surface area contributed by atoms with Gasteiger partial charge in [0.1, 0.15) is 17.6 Å². The number of hydrogen-bond donors (Lipinski definition) is 1. The van der Waals surface area contributed by atoms with Gasteiger partial charge in [0.15, 0.2) is 11.5 Å². The van der Waals surface area contributed by atoms with Crippen LogP contribution < -0.4 is 10.1 Å². The van der Waals surface area contributed by atoms with E-state index in [1.807, 2.05) is 0 Å². The summed E-state index contributed by atoms with van der Waals surface area (Å²) in [4.78, 5) is 33.3. The minimum Gasteiger partial charge on any atom is -0.493 e. The highest BCUT2D eigenvalue weighted by molar-refractivity contribution is 5.95. The molecule has 2 amide bonds. The van der Waals surface area contributed by atoms with Crippen LogP contribution in [0, 0.1) is 5.82 Å². The van der Waals surface area contributed by atoms with Gasteiger partial charge in [-0.2, -0.15) is 4.98 Å². The number of amides is 2. The monoisotopic (exact) mass is 551 g/mol. The molecule has 0 radical (unpaired) electrons. The van der Waals surface area contributed by atoms with Gasteiger partial charge < -0.3 is 33.2 Å². The van der Waals surface area contributed by atoms with Crippen LogP contribution >= 0.6 is 0 Å². The van der Waals surface area contributed by atoms with Crippen molar-refractivity contribution in [2.75, 3.05) is 39.3 Å². The normalized spacial score (nSPS) is 15.0. The van der Waals surface area contributed by atoms with Gasteiger partial charge in [0, 0.05) is 32.2 Å². The van der Waals surface area contributed by atoms with Gasteiger partial charge in [-0.15, -0.1) is 0 Å². The van der Waals surface area contributed by atoms with E-state index in [0.29, 0.717) is 31.2 Å². The van der Waals surface area contributed by atoms with E-state index in [0.717, 1.165) is 32.5 Å². The molecule has 5 rings (SSSR count). The smallest absolute Gasteiger partial charge is 0.293 e. The van der Waals surface area contributed by atoms with Crippen molar-refractivity contribution in [2.45, 2.75) is 25.8 Å². The Kier molecular flexibility index (Phi) is 8.55. The van der Waals surface area contributed by atoms with Crippen molar-refractivity contribution in [3.8, 4) is 28.8 Å². The molecule has 1 aliphatic heterocycles. The number of rotatable bonds is 10. The van der Waals surface area contributed by atoms with Gasteiger partial charge in [0.05, 0.1) is 24.7 Å². The summed E-state index contributed by atoms with van der Waals surface area (Å²) >= 11 is 0. The lowest BCUT2D eigenvalue weighted by atomic mass is 10.2. The number of carbonyl (C=O) groups excluding carboxylic acids is 2. The Morgan fingerprint density at radius 3 is 2.73 bits per heavy atom. The Morgan fingerprint density at radius 2 is 1.95 bits per heavy atom. The molecule has 1 N–H and O–H groups in total. The first-order valence-corrected chi connectivity index (χ1v) is 13.1. The van der Waals surface area contributed by atoms with Crippen molar-refractivity contribution >= 4 is 11.8 Å². The lowest BCUT2D eigenvalue weighted by molar-refractivity contribution is -0.132. The standard InChI is InChI=1S/C28H30FN5O6/c1-19(30-26(35)23-6-2-15-38-23)28(36)34-12-4-10-33(13-14-34)11-5-17-37-20-8-9-21(22(29)18-20)25-31-27(40-32-25)24-7-3-16-39-24/h2-3,6-9,15-16,18-19H,4-5,10-14,17H2,1H3,(H,30,35)/t19-/m0/s1. The van der Waals surface area contributed by atoms with Gasteiger partial charge in [-0.3, -0.25) is 9.59 Å². The van der Waals surface area contributed by atoms with Crippen LogP contribution in [0.25, 0.3) is 23.0 Å². The van der Waals surface area contributed by atoms with Crippen LogP contribution in [0.5, 0.6) is 5.75 Å². The molecule has 3 aromatic heterocycles. The predicted molar refractivity (Wildman–Crippen MR) is 141 cm³/mol. The number of nitrogens with zero attached hydrogens (tertiary/aromatic N) is 4. The van der Waals surface area contributed by atoms with E-state index in [2.05, 4.69) is 20.4 Å². The zero-order valence-electron chi connectivity index (χ0n) is 22.0. The van der Waals surface area contributed by atoms with E-state index in [1.165, 1.54) is 18.6 Å². The fourth-order valence-corrected chi connectivity index (χ4v) is 4.50. The molecule has 1 aliphatic rings. The number of nitrogens with one attached hydrogen (secondary N) is 1. The zero-order valence-corrected chi connectivity index (χ0v) is 22.0. The number of carbonyl (C=O) groups is 2. The summed E-state index contributed by atoms with van der Waals surface area (Å²) in [6.07, 6.45) is 4.48. The summed E-state index contributed by atoms with van der Waals surface area (Å²) in [5, 5.41) is 6.53. The van der Waals surface area contributed by atoms with Gasteiger partial charge in [-0.1, -0.05) is 5.16 Å². The first kappa shape index (κ1) is 27.1. The second-order valence-corrected chi connectivity index (χ2v) is 9.44. The van der Waals surface area contributed by atoms with Crippen molar-refractivity contribution in [3.63, 3.8) is 0 Å². The molecule has 12 heteroatoms. The van der Waals surface area contributed by atoms with Crippen molar-refractivity contribution < 1.29 is 32.1 Å². The molecule has 210 valence electrons. The first-order valence-electron chi connectivity index (χ1n) is 13.1. The lowest BCUT2D eigenvalue weighted by Gasteiger charge is -2.25. The van der Waals surface area contributed by atoms with Crippen molar-refractivity contribution in [1.82, 2.24) is 25.3 Å². The molecule has 1 fully saturated rings. The van der Waals surface area contributed by atoms with Gasteiger partial charge in [-0.25, -0.2) is 4.39 Å². The van der Waals surface area contributed by atoms with Crippen molar-refractivity contribution in [1.29, 1.82) is 0 Å². The van der Waals surface area contributed by atoms with E-state index in [1.54, 1.807) is 48.2 Å². The minimum absolute atomic E-state index is 0.117. The molecule has 1 atom stereocenters. The highest BCUT2D eigenvalue weighted by Crippen LogP contribution is 2.27. The van der Waals surface area contributed by atoms with Crippen LogP contribution in [0.4, 0.5) is 4.39 Å². The number of halogens is 1. The molecule has 40 heavy (non-hydrogen) atoms. The van der Waals surface area contributed by atoms with Crippen LogP contribution in [-0.4, -0.2) is 77.1 Å². The predicted octanol–water partition coefficient (Wildman–Crippen LogP) is 3.85. The summed E-state index contributed by atoms with van der Waals surface area (Å²) in [5.41, 5.74) is 0.201.